The number of halogens is 1. The van der Waals surface area contributed by atoms with Gasteiger partial charge in [0, 0.05) is 17.5 Å². The van der Waals surface area contributed by atoms with E-state index in [1.54, 1.807) is 6.07 Å². The molecule has 0 aromatic carbocycles. The molecule has 3 nitrogen and oxygen atoms in total. The lowest BCUT2D eigenvalue weighted by Gasteiger charge is -1.84. The van der Waals surface area contributed by atoms with Gasteiger partial charge in [0.15, 0.2) is 5.49 Å². The number of hydrogen-bond acceptors (Lipinski definition) is 2. The zero-order valence-electron chi connectivity index (χ0n) is 5.41. The molecule has 0 aliphatic carbocycles. The summed E-state index contributed by atoms with van der Waals surface area (Å²) in [5.41, 5.74) is 0.419. The Morgan fingerprint density at radius 1 is 1.45 bits per heavy atom. The molecule has 1 aromatic rings. The molecular weight excluding hydrogens is 164 g/mol. The lowest BCUT2D eigenvalue weighted by Crippen LogP contribution is -2.25. The van der Waals surface area contributed by atoms with Gasteiger partial charge in [0.1, 0.15) is 0 Å². The van der Waals surface area contributed by atoms with Gasteiger partial charge < -0.3 is 0 Å². The molecule has 54 valence electrons. The van der Waals surface area contributed by atoms with Crippen LogP contribution in [0.5, 0.6) is 0 Å². The minimum atomic E-state index is -0.291. The minimum Gasteiger partial charge on any atom is -0.267 e. The van der Waals surface area contributed by atoms with Crippen molar-refractivity contribution in [2.45, 2.75) is 0 Å². The average molecular weight is 167 g/mol. The molecule has 1 aliphatic rings. The van der Waals surface area contributed by atoms with Gasteiger partial charge in [0.25, 0.3) is 5.91 Å². The zero-order valence-corrected chi connectivity index (χ0v) is 6.17. The highest BCUT2D eigenvalue weighted by atomic mass is 35.5. The van der Waals surface area contributed by atoms with Gasteiger partial charge in [-0.3, -0.25) is 4.79 Å². The Kier molecular flexibility index (Phi) is 1.26. The summed E-state index contributed by atoms with van der Waals surface area (Å²) in [5, 5.41) is 1.14. The number of fused-ring (bicyclic) bond motifs is 1. The van der Waals surface area contributed by atoms with Crippen LogP contribution in [0.1, 0.15) is 0 Å². The van der Waals surface area contributed by atoms with Crippen LogP contribution in [0.3, 0.4) is 0 Å². The van der Waals surface area contributed by atoms with Crippen LogP contribution in [0.2, 0.25) is 5.02 Å². The standard InChI is InChI=1S/C7H3ClN2O/c8-5-1-2-9-7-4(5)3-6(11)10-7/h1-3H. The number of carbonyl (C=O) groups excluding carboxylic acids is 1. The van der Waals surface area contributed by atoms with E-state index in [1.165, 1.54) is 12.3 Å². The topological polar surface area (TPSA) is 42.3 Å². The Morgan fingerprint density at radius 3 is 3.00 bits per heavy atom. The molecule has 0 N–H and O–H groups in total. The molecule has 1 aromatic heterocycles. The van der Waals surface area contributed by atoms with Crippen molar-refractivity contribution in [3.05, 3.63) is 28.0 Å². The van der Waals surface area contributed by atoms with Crippen LogP contribution in [0.25, 0.3) is 6.08 Å². The maximum absolute atomic E-state index is 10.7. The third kappa shape index (κ3) is 0.935. The van der Waals surface area contributed by atoms with Crippen molar-refractivity contribution in [2.24, 2.45) is 4.99 Å². The summed E-state index contributed by atoms with van der Waals surface area (Å²) in [6, 6.07) is 1.63. The third-order valence-corrected chi connectivity index (χ3v) is 1.73. The first-order valence-electron chi connectivity index (χ1n) is 3.02. The monoisotopic (exact) mass is 166 g/mol. The quantitative estimate of drug-likeness (QED) is 0.530. The van der Waals surface area contributed by atoms with Crippen molar-refractivity contribution in [2.75, 3.05) is 0 Å². The van der Waals surface area contributed by atoms with Gasteiger partial charge in [-0.05, 0) is 6.07 Å². The summed E-state index contributed by atoms with van der Waals surface area (Å²) < 4.78 is 0. The van der Waals surface area contributed by atoms with E-state index >= 15 is 0 Å². The van der Waals surface area contributed by atoms with Gasteiger partial charge in [-0.2, -0.15) is 4.99 Å². The molecular formula is C7H3ClN2O. The summed E-state index contributed by atoms with van der Waals surface area (Å²) in [6.45, 7) is 0. The highest BCUT2D eigenvalue weighted by Gasteiger charge is 2.05. The number of carbonyl (C=O) groups is 1. The number of hydrogen-bond donors (Lipinski definition) is 0. The van der Waals surface area contributed by atoms with Crippen LogP contribution >= 0.6 is 11.6 Å². The SMILES string of the molecule is O=C1C=c2c(Cl)ccnc2=N1. The predicted octanol–water partition coefficient (Wildman–Crippen LogP) is -0.325. The van der Waals surface area contributed by atoms with Gasteiger partial charge in [-0.1, -0.05) is 11.6 Å². The Hall–Kier alpha value is -1.22. The summed E-state index contributed by atoms with van der Waals surface area (Å²) in [5.74, 6) is -0.291. The molecule has 0 fully saturated rings. The minimum absolute atomic E-state index is 0.291. The van der Waals surface area contributed by atoms with Gasteiger partial charge in [-0.25, -0.2) is 4.98 Å². The van der Waals surface area contributed by atoms with Crippen LogP contribution in [0.4, 0.5) is 0 Å². The van der Waals surface area contributed by atoms with E-state index in [0.717, 1.165) is 0 Å². The first kappa shape index (κ1) is 6.49. The number of rotatable bonds is 0. The van der Waals surface area contributed by atoms with Crippen molar-refractivity contribution < 1.29 is 4.79 Å². The van der Waals surface area contributed by atoms with Crippen molar-refractivity contribution in [1.29, 1.82) is 0 Å². The number of nitrogens with zero attached hydrogens (tertiary/aromatic N) is 2. The maximum Gasteiger partial charge on any atom is 0.272 e. The first-order chi connectivity index (χ1) is 5.27. The Bertz CT molecular complexity index is 438. The summed E-state index contributed by atoms with van der Waals surface area (Å²) in [7, 11) is 0. The molecule has 0 spiro atoms. The maximum atomic E-state index is 10.7. The van der Waals surface area contributed by atoms with Crippen LogP contribution in [0, 0.1) is 0 Å². The van der Waals surface area contributed by atoms with E-state index in [-0.39, 0.29) is 5.91 Å². The second-order valence-corrected chi connectivity index (χ2v) is 2.53. The molecule has 0 radical (unpaired) electrons. The van der Waals surface area contributed by atoms with Crippen LogP contribution in [0.15, 0.2) is 17.3 Å². The molecule has 0 saturated heterocycles. The highest BCUT2D eigenvalue weighted by Crippen LogP contribution is 1.96. The van der Waals surface area contributed by atoms with E-state index in [1.807, 2.05) is 0 Å². The molecule has 0 saturated carbocycles. The van der Waals surface area contributed by atoms with E-state index in [9.17, 15) is 4.79 Å². The van der Waals surface area contributed by atoms with Crippen molar-refractivity contribution in [3.8, 4) is 0 Å². The molecule has 0 bridgehead atoms. The molecule has 0 atom stereocenters. The number of amides is 1. The Balaban J connectivity index is 2.97. The molecule has 1 aliphatic heterocycles. The van der Waals surface area contributed by atoms with Gasteiger partial charge in [0.2, 0.25) is 0 Å². The van der Waals surface area contributed by atoms with Gasteiger partial charge in [-0.15, -0.1) is 0 Å². The summed E-state index contributed by atoms with van der Waals surface area (Å²) in [6.07, 6.45) is 2.90. The molecule has 4 heteroatoms. The van der Waals surface area contributed by atoms with E-state index in [2.05, 4.69) is 9.98 Å². The van der Waals surface area contributed by atoms with E-state index in [0.29, 0.717) is 15.7 Å². The normalized spacial score (nSPS) is 13.7. The lowest BCUT2D eigenvalue weighted by molar-refractivity contribution is -0.112. The fourth-order valence-corrected chi connectivity index (χ4v) is 1.12. The fourth-order valence-electron chi connectivity index (χ4n) is 0.922. The van der Waals surface area contributed by atoms with E-state index < -0.39 is 0 Å². The number of aromatic nitrogens is 1. The number of pyridine rings is 1. The molecule has 2 heterocycles. The summed E-state index contributed by atoms with van der Waals surface area (Å²) >= 11 is 5.75. The molecule has 11 heavy (non-hydrogen) atoms. The predicted molar refractivity (Wildman–Crippen MR) is 39.5 cm³/mol. The Labute approximate surface area is 67.0 Å². The van der Waals surface area contributed by atoms with E-state index in [4.69, 9.17) is 11.6 Å². The zero-order chi connectivity index (χ0) is 7.84. The first-order valence-corrected chi connectivity index (χ1v) is 3.40. The lowest BCUT2D eigenvalue weighted by atomic mass is 10.4. The van der Waals surface area contributed by atoms with Gasteiger partial charge >= 0.3 is 0 Å². The average Bonchev–Trinajstić information content (AvgIpc) is 2.31. The van der Waals surface area contributed by atoms with Crippen LogP contribution < -0.4 is 10.7 Å². The van der Waals surface area contributed by atoms with Crippen LogP contribution in [-0.4, -0.2) is 10.9 Å². The van der Waals surface area contributed by atoms with Crippen molar-refractivity contribution >= 4 is 23.6 Å². The highest BCUT2D eigenvalue weighted by molar-refractivity contribution is 6.31. The van der Waals surface area contributed by atoms with Crippen LogP contribution in [-0.2, 0) is 4.79 Å². The smallest absolute Gasteiger partial charge is 0.267 e. The van der Waals surface area contributed by atoms with Crippen molar-refractivity contribution in [1.82, 2.24) is 4.98 Å². The second-order valence-electron chi connectivity index (χ2n) is 2.12. The Morgan fingerprint density at radius 2 is 2.27 bits per heavy atom. The van der Waals surface area contributed by atoms with Crippen molar-refractivity contribution in [3.63, 3.8) is 0 Å². The molecule has 2 rings (SSSR count). The summed E-state index contributed by atoms with van der Waals surface area (Å²) in [4.78, 5) is 18.2. The largest absolute Gasteiger partial charge is 0.272 e. The molecule has 0 unspecified atom stereocenters. The second kappa shape index (κ2) is 2.13. The molecule has 1 amide bonds. The fraction of sp³-hybridized carbons (Fsp3) is 0. The third-order valence-electron chi connectivity index (χ3n) is 1.40. The van der Waals surface area contributed by atoms with Gasteiger partial charge in [0.05, 0.1) is 5.02 Å².